The van der Waals surface area contributed by atoms with Gasteiger partial charge in [0.1, 0.15) is 30.5 Å². The van der Waals surface area contributed by atoms with Gasteiger partial charge in [0.2, 0.25) is 0 Å². The molecule has 6 N–H and O–H groups in total. The Hall–Kier alpha value is -0.730. The minimum Gasteiger partial charge on any atom is -0.480 e. The smallest absolute Gasteiger partial charge is 0.323 e. The van der Waals surface area contributed by atoms with E-state index in [9.17, 15) is 20.1 Å². The van der Waals surface area contributed by atoms with E-state index in [0.717, 1.165) is 0 Å². The van der Waals surface area contributed by atoms with E-state index in [-0.39, 0.29) is 0 Å². The summed E-state index contributed by atoms with van der Waals surface area (Å²) >= 11 is 0. The Morgan fingerprint density at radius 2 is 1.80 bits per heavy atom. The van der Waals surface area contributed by atoms with E-state index < -0.39 is 42.5 Å². The van der Waals surface area contributed by atoms with Crippen molar-refractivity contribution in [1.29, 1.82) is 0 Å². The van der Waals surface area contributed by atoms with E-state index >= 15 is 0 Å². The van der Waals surface area contributed by atoms with Crippen LogP contribution in [-0.2, 0) is 9.53 Å². The van der Waals surface area contributed by atoms with E-state index in [1.54, 1.807) is 0 Å². The number of carbonyl (C=O) groups is 1. The lowest BCUT2D eigenvalue weighted by Gasteiger charge is -2.40. The molecule has 7 nitrogen and oxygen atoms in total. The normalized spacial score (nSPS) is 43.7. The first kappa shape index (κ1) is 12.3. The van der Waals surface area contributed by atoms with Crippen LogP contribution in [-0.4, -0.2) is 63.0 Å². The van der Waals surface area contributed by atoms with Crippen molar-refractivity contribution >= 4 is 5.97 Å². The maximum atomic E-state index is 10.6. The number of aliphatic carboxylic acids is 1. The Morgan fingerprint density at radius 3 is 2.27 bits per heavy atom. The van der Waals surface area contributed by atoms with Crippen LogP contribution in [0.15, 0.2) is 0 Å². The summed E-state index contributed by atoms with van der Waals surface area (Å²) in [6.45, 7) is 1.46. The third kappa shape index (κ3) is 2.27. The van der Waals surface area contributed by atoms with Gasteiger partial charge < -0.3 is 30.9 Å². The van der Waals surface area contributed by atoms with Gasteiger partial charge in [0, 0.05) is 0 Å². The fraction of sp³-hybridized carbons (Fsp3) is 0.875. The topological polar surface area (TPSA) is 133 Å². The summed E-state index contributed by atoms with van der Waals surface area (Å²) in [6, 6.07) is -1.44. The van der Waals surface area contributed by atoms with Gasteiger partial charge in [0.25, 0.3) is 0 Å². The molecule has 1 rings (SSSR count). The third-order valence-corrected chi connectivity index (χ3v) is 2.53. The van der Waals surface area contributed by atoms with Gasteiger partial charge in [-0.05, 0) is 6.92 Å². The highest BCUT2D eigenvalue weighted by molar-refractivity contribution is 5.74. The van der Waals surface area contributed by atoms with Crippen LogP contribution in [0, 0.1) is 0 Å². The van der Waals surface area contributed by atoms with Gasteiger partial charge >= 0.3 is 5.97 Å². The number of aliphatic hydroxyl groups excluding tert-OH is 3. The largest absolute Gasteiger partial charge is 0.480 e. The molecule has 15 heavy (non-hydrogen) atoms. The molecule has 7 heteroatoms. The maximum Gasteiger partial charge on any atom is 0.323 e. The average molecular weight is 221 g/mol. The first-order chi connectivity index (χ1) is 6.86. The molecule has 1 fully saturated rings. The zero-order chi connectivity index (χ0) is 11.7. The van der Waals surface area contributed by atoms with Gasteiger partial charge in [-0.15, -0.1) is 0 Å². The van der Waals surface area contributed by atoms with Crippen molar-refractivity contribution in [2.75, 3.05) is 0 Å². The molecule has 1 aliphatic heterocycles. The predicted molar refractivity (Wildman–Crippen MR) is 48.0 cm³/mol. The number of ether oxygens (including phenoxy) is 1. The van der Waals surface area contributed by atoms with Crippen molar-refractivity contribution in [2.45, 2.75) is 43.5 Å². The quantitative estimate of drug-likeness (QED) is 0.342. The zero-order valence-electron chi connectivity index (χ0n) is 8.15. The number of rotatable bonds is 2. The van der Waals surface area contributed by atoms with E-state index in [2.05, 4.69) is 0 Å². The fourth-order valence-electron chi connectivity index (χ4n) is 1.52. The highest BCUT2D eigenvalue weighted by Crippen LogP contribution is 2.22. The van der Waals surface area contributed by atoms with Crippen LogP contribution in [0.5, 0.6) is 0 Å². The lowest BCUT2D eigenvalue weighted by molar-refractivity contribution is -0.223. The summed E-state index contributed by atoms with van der Waals surface area (Å²) in [6.07, 6.45) is -6.22. The third-order valence-electron chi connectivity index (χ3n) is 2.53. The van der Waals surface area contributed by atoms with Crippen molar-refractivity contribution in [2.24, 2.45) is 5.73 Å². The van der Waals surface area contributed by atoms with Crippen LogP contribution >= 0.6 is 0 Å². The van der Waals surface area contributed by atoms with E-state index in [1.165, 1.54) is 6.92 Å². The monoisotopic (exact) mass is 221 g/mol. The second-order valence-corrected chi connectivity index (χ2v) is 3.64. The van der Waals surface area contributed by atoms with E-state index in [1.807, 2.05) is 0 Å². The average Bonchev–Trinajstić information content (AvgIpc) is 2.19. The molecule has 0 aliphatic carbocycles. The Kier molecular flexibility index (Phi) is 3.63. The predicted octanol–water partition coefficient (Wildman–Crippen LogP) is -2.73. The summed E-state index contributed by atoms with van der Waals surface area (Å²) in [5.41, 5.74) is 5.27. The zero-order valence-corrected chi connectivity index (χ0v) is 8.15. The lowest BCUT2D eigenvalue weighted by atomic mass is 9.92. The second kappa shape index (κ2) is 4.42. The molecule has 1 saturated heterocycles. The molecule has 1 aliphatic rings. The van der Waals surface area contributed by atoms with Crippen LogP contribution in [0.3, 0.4) is 0 Å². The number of hydrogen-bond donors (Lipinski definition) is 5. The van der Waals surface area contributed by atoms with Crippen molar-refractivity contribution in [1.82, 2.24) is 0 Å². The Morgan fingerprint density at radius 1 is 1.27 bits per heavy atom. The summed E-state index contributed by atoms with van der Waals surface area (Å²) < 4.78 is 5.04. The van der Waals surface area contributed by atoms with E-state index in [4.69, 9.17) is 15.6 Å². The number of carboxylic acid groups (broad SMARTS) is 1. The first-order valence-electron chi connectivity index (χ1n) is 4.54. The highest BCUT2D eigenvalue weighted by Gasteiger charge is 2.45. The van der Waals surface area contributed by atoms with Gasteiger partial charge in [-0.2, -0.15) is 0 Å². The number of nitrogens with two attached hydrogens (primary N) is 1. The Bertz CT molecular complexity index is 247. The molecule has 0 saturated carbocycles. The molecular weight excluding hydrogens is 206 g/mol. The summed E-state index contributed by atoms with van der Waals surface area (Å²) in [7, 11) is 0. The first-order valence-corrected chi connectivity index (χ1v) is 4.54. The lowest BCUT2D eigenvalue weighted by Crippen LogP contribution is -2.63. The molecule has 0 spiro atoms. The van der Waals surface area contributed by atoms with Crippen LogP contribution in [0.1, 0.15) is 6.92 Å². The molecule has 1 heterocycles. The molecule has 0 amide bonds. The van der Waals surface area contributed by atoms with Gasteiger partial charge in [0.05, 0.1) is 6.10 Å². The molecule has 0 bridgehead atoms. The molecule has 88 valence electrons. The fourth-order valence-corrected chi connectivity index (χ4v) is 1.52. The maximum absolute atomic E-state index is 10.6. The Balaban J connectivity index is 2.78. The number of aliphatic hydroxyl groups is 3. The molecule has 0 aromatic carbocycles. The van der Waals surface area contributed by atoms with Crippen LogP contribution in [0.4, 0.5) is 0 Å². The standard InChI is InChI=1S/C8H15NO6/c1-2-4(10)5(11)6(12)7(15-2)3(9)8(13)14/h2-7,10-12H,9H2,1H3,(H,13,14)/t2-,3+,4+,5+,6-,7?/m1/s1. The second-order valence-electron chi connectivity index (χ2n) is 3.64. The summed E-state index contributed by atoms with van der Waals surface area (Å²) in [5, 5.41) is 36.8. The van der Waals surface area contributed by atoms with Gasteiger partial charge in [-0.25, -0.2) is 0 Å². The van der Waals surface area contributed by atoms with Gasteiger partial charge in [0.15, 0.2) is 0 Å². The van der Waals surface area contributed by atoms with Gasteiger partial charge in [-0.3, -0.25) is 4.79 Å². The van der Waals surface area contributed by atoms with Crippen molar-refractivity contribution in [3.63, 3.8) is 0 Å². The van der Waals surface area contributed by atoms with Gasteiger partial charge in [-0.1, -0.05) is 0 Å². The van der Waals surface area contributed by atoms with Crippen molar-refractivity contribution in [3.05, 3.63) is 0 Å². The minimum atomic E-state index is -1.51. The summed E-state index contributed by atoms with van der Waals surface area (Å²) in [5.74, 6) is -1.34. The molecule has 1 unspecified atom stereocenters. The highest BCUT2D eigenvalue weighted by atomic mass is 16.5. The van der Waals surface area contributed by atoms with E-state index in [0.29, 0.717) is 0 Å². The minimum absolute atomic E-state index is 0.779. The van der Waals surface area contributed by atoms with Crippen LogP contribution in [0.25, 0.3) is 0 Å². The Labute approximate surface area is 86.1 Å². The molecule has 0 aromatic rings. The molecule has 6 atom stereocenters. The summed E-state index contributed by atoms with van der Waals surface area (Å²) in [4.78, 5) is 10.6. The number of hydrogen-bond acceptors (Lipinski definition) is 6. The van der Waals surface area contributed by atoms with Crippen molar-refractivity contribution < 1.29 is 30.0 Å². The molecular formula is C8H15NO6. The molecule has 0 aromatic heterocycles. The van der Waals surface area contributed by atoms with Crippen molar-refractivity contribution in [3.8, 4) is 0 Å². The number of carboxylic acids is 1. The SMILES string of the molecule is C[C@H]1OC([C@H](N)C(=O)O)[C@H](O)[C@@H](O)[C@H]1O. The van der Waals surface area contributed by atoms with Crippen LogP contribution in [0.2, 0.25) is 0 Å². The van der Waals surface area contributed by atoms with Crippen LogP contribution < -0.4 is 5.73 Å². The molecule has 0 radical (unpaired) electrons.